The first-order valence-corrected chi connectivity index (χ1v) is 6.92. The van der Waals surface area contributed by atoms with E-state index in [0.29, 0.717) is 12.3 Å². The van der Waals surface area contributed by atoms with Gasteiger partial charge in [-0.15, -0.1) is 12.3 Å². The fourth-order valence-electron chi connectivity index (χ4n) is 3.86. The highest BCUT2D eigenvalue weighted by Gasteiger charge is 2.42. The number of rotatable bonds is 2. The molecule has 0 aromatic heterocycles. The molecular weight excluding hydrogens is 196 g/mol. The molecule has 0 aromatic rings. The molecule has 90 valence electrons. The van der Waals surface area contributed by atoms with Crippen molar-refractivity contribution >= 4 is 0 Å². The summed E-state index contributed by atoms with van der Waals surface area (Å²) < 4.78 is 0. The molecule has 0 aromatic carbocycles. The van der Waals surface area contributed by atoms with Crippen LogP contribution in [-0.4, -0.2) is 10.7 Å². The molecule has 0 aliphatic heterocycles. The number of hydrogen-bond donors (Lipinski definition) is 1. The Bertz CT molecular complexity index is 259. The number of terminal acetylenes is 1. The van der Waals surface area contributed by atoms with Gasteiger partial charge in [0.25, 0.3) is 0 Å². The Morgan fingerprint density at radius 3 is 2.44 bits per heavy atom. The molecule has 0 spiro atoms. The van der Waals surface area contributed by atoms with Gasteiger partial charge in [-0.3, -0.25) is 0 Å². The fraction of sp³-hybridized carbons (Fsp3) is 0.867. The van der Waals surface area contributed by atoms with Gasteiger partial charge in [-0.1, -0.05) is 44.9 Å². The highest BCUT2D eigenvalue weighted by Crippen LogP contribution is 2.45. The van der Waals surface area contributed by atoms with E-state index in [1.54, 1.807) is 0 Å². The predicted octanol–water partition coefficient (Wildman–Crippen LogP) is 3.51. The van der Waals surface area contributed by atoms with Crippen LogP contribution in [0.4, 0.5) is 0 Å². The van der Waals surface area contributed by atoms with E-state index >= 15 is 0 Å². The van der Waals surface area contributed by atoms with Crippen LogP contribution in [0.5, 0.6) is 0 Å². The SMILES string of the molecule is C#CCC1(O)CCCCC1C1CCCCC1. The van der Waals surface area contributed by atoms with E-state index < -0.39 is 5.60 Å². The van der Waals surface area contributed by atoms with E-state index in [0.717, 1.165) is 18.8 Å². The van der Waals surface area contributed by atoms with Crippen molar-refractivity contribution in [1.82, 2.24) is 0 Å². The van der Waals surface area contributed by atoms with Crippen molar-refractivity contribution in [2.75, 3.05) is 0 Å². The summed E-state index contributed by atoms with van der Waals surface area (Å²) in [5.41, 5.74) is -0.533. The Labute approximate surface area is 99.6 Å². The van der Waals surface area contributed by atoms with Crippen molar-refractivity contribution in [1.29, 1.82) is 0 Å². The van der Waals surface area contributed by atoms with Gasteiger partial charge in [0.05, 0.1) is 5.60 Å². The third-order valence-electron chi connectivity index (χ3n) is 4.69. The lowest BCUT2D eigenvalue weighted by Crippen LogP contribution is -2.44. The van der Waals surface area contributed by atoms with Crippen LogP contribution in [0.25, 0.3) is 0 Å². The molecule has 0 heterocycles. The molecule has 2 rings (SSSR count). The maximum Gasteiger partial charge on any atom is 0.0787 e. The first-order chi connectivity index (χ1) is 7.76. The summed E-state index contributed by atoms with van der Waals surface area (Å²) in [6.45, 7) is 0. The fourth-order valence-corrected chi connectivity index (χ4v) is 3.86. The van der Waals surface area contributed by atoms with E-state index in [1.165, 1.54) is 44.9 Å². The van der Waals surface area contributed by atoms with Gasteiger partial charge in [0.15, 0.2) is 0 Å². The maximum atomic E-state index is 10.7. The molecule has 2 aliphatic carbocycles. The highest BCUT2D eigenvalue weighted by atomic mass is 16.3. The average Bonchev–Trinajstić information content (AvgIpc) is 2.31. The van der Waals surface area contributed by atoms with Gasteiger partial charge in [-0.25, -0.2) is 0 Å². The molecule has 1 heteroatoms. The summed E-state index contributed by atoms with van der Waals surface area (Å²) in [5.74, 6) is 3.92. The van der Waals surface area contributed by atoms with Crippen LogP contribution in [0.1, 0.15) is 64.2 Å². The van der Waals surface area contributed by atoms with E-state index in [-0.39, 0.29) is 0 Å². The molecule has 16 heavy (non-hydrogen) atoms. The van der Waals surface area contributed by atoms with Crippen LogP contribution in [-0.2, 0) is 0 Å². The third kappa shape index (κ3) is 2.43. The Balaban J connectivity index is 2.06. The summed E-state index contributed by atoms with van der Waals surface area (Å²) in [5, 5.41) is 10.7. The first kappa shape index (κ1) is 12.0. The van der Waals surface area contributed by atoms with Crippen LogP contribution in [0.15, 0.2) is 0 Å². The van der Waals surface area contributed by atoms with Gasteiger partial charge in [-0.2, -0.15) is 0 Å². The third-order valence-corrected chi connectivity index (χ3v) is 4.69. The van der Waals surface area contributed by atoms with Crippen molar-refractivity contribution in [3.63, 3.8) is 0 Å². The normalized spacial score (nSPS) is 36.9. The zero-order valence-corrected chi connectivity index (χ0v) is 10.3. The minimum absolute atomic E-state index is 0.484. The van der Waals surface area contributed by atoms with Crippen LogP contribution >= 0.6 is 0 Å². The van der Waals surface area contributed by atoms with Crippen molar-refractivity contribution in [3.8, 4) is 12.3 Å². The van der Waals surface area contributed by atoms with E-state index in [9.17, 15) is 5.11 Å². The summed E-state index contributed by atoms with van der Waals surface area (Å²) in [6.07, 6.45) is 17.3. The second-order valence-electron chi connectivity index (χ2n) is 5.73. The lowest BCUT2D eigenvalue weighted by Gasteiger charge is -2.44. The molecular formula is C15H24O. The molecule has 1 N–H and O–H groups in total. The molecule has 2 fully saturated rings. The first-order valence-electron chi connectivity index (χ1n) is 6.92. The van der Waals surface area contributed by atoms with Crippen LogP contribution in [0.2, 0.25) is 0 Å². The standard InChI is InChI=1S/C15H24O/c1-2-11-15(16)12-7-6-10-14(15)13-8-4-3-5-9-13/h1,13-14,16H,3-12H2. The average molecular weight is 220 g/mol. The van der Waals surface area contributed by atoms with Gasteiger partial charge in [-0.05, 0) is 24.7 Å². The van der Waals surface area contributed by atoms with E-state index in [4.69, 9.17) is 6.42 Å². The van der Waals surface area contributed by atoms with Crippen molar-refractivity contribution in [3.05, 3.63) is 0 Å². The summed E-state index contributed by atoms with van der Waals surface area (Å²) in [4.78, 5) is 0. The lowest BCUT2D eigenvalue weighted by atomic mass is 9.64. The van der Waals surface area contributed by atoms with E-state index in [1.807, 2.05) is 0 Å². The van der Waals surface area contributed by atoms with Gasteiger partial charge < -0.3 is 5.11 Å². The van der Waals surface area contributed by atoms with Gasteiger partial charge in [0, 0.05) is 6.42 Å². The topological polar surface area (TPSA) is 20.2 Å². The van der Waals surface area contributed by atoms with Gasteiger partial charge >= 0.3 is 0 Å². The van der Waals surface area contributed by atoms with Crippen LogP contribution < -0.4 is 0 Å². The molecule has 0 saturated heterocycles. The molecule has 2 aliphatic rings. The largest absolute Gasteiger partial charge is 0.389 e. The smallest absolute Gasteiger partial charge is 0.0787 e. The van der Waals surface area contributed by atoms with Gasteiger partial charge in [0.2, 0.25) is 0 Å². The Morgan fingerprint density at radius 2 is 1.75 bits per heavy atom. The molecule has 0 amide bonds. The second-order valence-corrected chi connectivity index (χ2v) is 5.73. The quantitative estimate of drug-likeness (QED) is 0.706. The number of hydrogen-bond acceptors (Lipinski definition) is 1. The lowest BCUT2D eigenvalue weighted by molar-refractivity contribution is -0.0732. The zero-order chi connectivity index (χ0) is 11.4. The maximum absolute atomic E-state index is 10.7. The van der Waals surface area contributed by atoms with Crippen molar-refractivity contribution in [2.45, 2.75) is 69.8 Å². The van der Waals surface area contributed by atoms with Crippen LogP contribution in [0, 0.1) is 24.2 Å². The predicted molar refractivity (Wildman–Crippen MR) is 66.9 cm³/mol. The molecule has 2 atom stereocenters. The molecule has 2 saturated carbocycles. The minimum atomic E-state index is -0.533. The highest BCUT2D eigenvalue weighted by molar-refractivity contribution is 5.02. The van der Waals surface area contributed by atoms with Crippen molar-refractivity contribution in [2.24, 2.45) is 11.8 Å². The Kier molecular flexibility index (Phi) is 3.92. The molecule has 2 unspecified atom stereocenters. The van der Waals surface area contributed by atoms with Crippen molar-refractivity contribution < 1.29 is 5.11 Å². The monoisotopic (exact) mass is 220 g/mol. The molecule has 1 nitrogen and oxygen atoms in total. The minimum Gasteiger partial charge on any atom is -0.389 e. The second kappa shape index (κ2) is 5.23. The van der Waals surface area contributed by atoms with E-state index in [2.05, 4.69) is 5.92 Å². The Morgan fingerprint density at radius 1 is 1.06 bits per heavy atom. The zero-order valence-electron chi connectivity index (χ0n) is 10.3. The van der Waals surface area contributed by atoms with Gasteiger partial charge in [0.1, 0.15) is 0 Å². The Hall–Kier alpha value is -0.480. The summed E-state index contributed by atoms with van der Waals surface area (Å²) in [7, 11) is 0. The summed E-state index contributed by atoms with van der Waals surface area (Å²) >= 11 is 0. The number of aliphatic hydroxyl groups is 1. The molecule has 0 bridgehead atoms. The summed E-state index contributed by atoms with van der Waals surface area (Å²) in [6, 6.07) is 0. The van der Waals surface area contributed by atoms with Crippen LogP contribution in [0.3, 0.4) is 0 Å². The molecule has 0 radical (unpaired) electrons.